The highest BCUT2D eigenvalue weighted by atomic mass is 16.5. The van der Waals surface area contributed by atoms with Crippen molar-refractivity contribution in [3.05, 3.63) is 60.0 Å². The van der Waals surface area contributed by atoms with Gasteiger partial charge in [-0.15, -0.1) is 0 Å². The fraction of sp³-hybridized carbons (Fsp3) is 0.286. The zero-order chi connectivity index (χ0) is 20.1. The molecule has 2 aromatic rings. The molecule has 1 aromatic heterocycles. The Morgan fingerprint density at radius 1 is 1.43 bits per heavy atom. The molecule has 1 aliphatic heterocycles. The first kappa shape index (κ1) is 19.5. The maximum absolute atomic E-state index is 11.2. The number of para-hydroxylation sites is 1. The lowest BCUT2D eigenvalue weighted by atomic mass is 10.1. The smallest absolute Gasteiger partial charge is 0.217 e. The number of nitriles is 1. The molecule has 1 aliphatic rings. The number of nitrogens with zero attached hydrogens (tertiary/aromatic N) is 3. The van der Waals surface area contributed by atoms with Crippen molar-refractivity contribution in [2.24, 2.45) is 5.73 Å². The van der Waals surface area contributed by atoms with Crippen molar-refractivity contribution in [3.63, 3.8) is 0 Å². The van der Waals surface area contributed by atoms with Crippen LogP contribution in [0, 0.1) is 11.3 Å². The fourth-order valence-corrected chi connectivity index (χ4v) is 3.23. The number of ether oxygens (including phenoxy) is 1. The molecule has 7 nitrogen and oxygen atoms in total. The second kappa shape index (κ2) is 8.65. The summed E-state index contributed by atoms with van der Waals surface area (Å²) in [5, 5.41) is 13.6. The third kappa shape index (κ3) is 4.36. The number of hydrogen-bond donors (Lipinski definition) is 2. The number of methoxy groups -OCH3 is 1. The number of anilines is 1. The molecule has 28 heavy (non-hydrogen) atoms. The van der Waals surface area contributed by atoms with E-state index in [1.807, 2.05) is 54.4 Å². The van der Waals surface area contributed by atoms with Gasteiger partial charge in [0.1, 0.15) is 18.0 Å². The van der Waals surface area contributed by atoms with Crippen LogP contribution in [-0.4, -0.2) is 37.3 Å². The van der Waals surface area contributed by atoms with Crippen LogP contribution in [0.2, 0.25) is 0 Å². The van der Waals surface area contributed by atoms with Gasteiger partial charge >= 0.3 is 0 Å². The Bertz CT molecular complexity index is 976. The van der Waals surface area contributed by atoms with Crippen LogP contribution >= 0.6 is 0 Å². The molecule has 0 radical (unpaired) electrons. The van der Waals surface area contributed by atoms with Gasteiger partial charge in [-0.05, 0) is 36.8 Å². The van der Waals surface area contributed by atoms with E-state index in [2.05, 4.69) is 16.4 Å². The van der Waals surface area contributed by atoms with Gasteiger partial charge in [-0.25, -0.2) is 4.98 Å². The third-order valence-electron chi connectivity index (χ3n) is 4.71. The molecule has 1 amide bonds. The number of primary amides is 1. The number of pyridine rings is 1. The van der Waals surface area contributed by atoms with Crippen LogP contribution in [0.25, 0.3) is 10.9 Å². The summed E-state index contributed by atoms with van der Waals surface area (Å²) >= 11 is 0. The number of amides is 1. The zero-order valence-electron chi connectivity index (χ0n) is 15.9. The number of rotatable bonds is 6. The summed E-state index contributed by atoms with van der Waals surface area (Å²) in [6.45, 7) is 0. The minimum absolute atomic E-state index is 0.0894. The molecule has 3 N–H and O–H groups in total. The molecule has 0 aliphatic carbocycles. The first-order valence-corrected chi connectivity index (χ1v) is 9.02. The normalized spacial score (nSPS) is 19.0. The largest absolute Gasteiger partial charge is 0.370 e. The number of nitrogens with two attached hydrogens (primary N) is 1. The maximum Gasteiger partial charge on any atom is 0.217 e. The van der Waals surface area contributed by atoms with Gasteiger partial charge in [0.25, 0.3) is 0 Å². The molecule has 2 unspecified atom stereocenters. The molecule has 0 saturated carbocycles. The van der Waals surface area contributed by atoms with Crippen molar-refractivity contribution in [1.82, 2.24) is 10.3 Å². The summed E-state index contributed by atoms with van der Waals surface area (Å²) in [7, 11) is 3.56. The van der Waals surface area contributed by atoms with Crippen LogP contribution in [0.3, 0.4) is 0 Å². The van der Waals surface area contributed by atoms with E-state index in [-0.39, 0.29) is 24.6 Å². The number of nitrogens with one attached hydrogen (secondary N) is 1. The molecule has 2 atom stereocenters. The Hall–Kier alpha value is -3.21. The number of aromatic nitrogens is 1. The summed E-state index contributed by atoms with van der Waals surface area (Å²) in [6, 6.07) is 11.5. The van der Waals surface area contributed by atoms with Crippen molar-refractivity contribution in [2.75, 3.05) is 19.1 Å². The predicted molar refractivity (Wildman–Crippen MR) is 108 cm³/mol. The molecule has 0 spiro atoms. The number of likely N-dealkylation sites (N-methyl/N-ethyl adjacent to an activating group) is 1. The minimum Gasteiger partial charge on any atom is -0.370 e. The van der Waals surface area contributed by atoms with E-state index in [0.29, 0.717) is 12.1 Å². The van der Waals surface area contributed by atoms with Crippen molar-refractivity contribution in [2.45, 2.75) is 25.1 Å². The van der Waals surface area contributed by atoms with E-state index < -0.39 is 0 Å². The Labute approximate surface area is 164 Å². The van der Waals surface area contributed by atoms with Crippen molar-refractivity contribution in [1.29, 1.82) is 5.26 Å². The third-order valence-corrected chi connectivity index (χ3v) is 4.71. The van der Waals surface area contributed by atoms with E-state index in [1.54, 1.807) is 13.2 Å². The highest BCUT2D eigenvalue weighted by molar-refractivity contribution is 5.93. The molecule has 7 heteroatoms. The van der Waals surface area contributed by atoms with Crippen LogP contribution in [0.15, 0.2) is 54.3 Å². The number of fused-ring (bicyclic) bond motifs is 1. The second-order valence-electron chi connectivity index (χ2n) is 6.60. The SMILES string of the molecule is COC1C=CC(N(C)c2cc(C#N)nc3ccccc23)=CC(CCC(N)=O)N1. The number of hydrogen-bond acceptors (Lipinski definition) is 6. The highest BCUT2D eigenvalue weighted by Gasteiger charge is 2.19. The molecule has 3 rings (SSSR count). The summed E-state index contributed by atoms with van der Waals surface area (Å²) < 4.78 is 5.43. The fourth-order valence-electron chi connectivity index (χ4n) is 3.23. The average molecular weight is 377 g/mol. The summed E-state index contributed by atoms with van der Waals surface area (Å²) in [5.41, 5.74) is 8.23. The van der Waals surface area contributed by atoms with Crippen LogP contribution in [0.1, 0.15) is 18.5 Å². The maximum atomic E-state index is 11.2. The van der Waals surface area contributed by atoms with Crippen LogP contribution in [0.4, 0.5) is 5.69 Å². The van der Waals surface area contributed by atoms with Gasteiger partial charge in [0, 0.05) is 37.7 Å². The lowest BCUT2D eigenvalue weighted by Crippen LogP contribution is -2.37. The minimum atomic E-state index is -0.338. The van der Waals surface area contributed by atoms with Gasteiger partial charge in [-0.1, -0.05) is 18.2 Å². The van der Waals surface area contributed by atoms with Gasteiger partial charge in [-0.3, -0.25) is 10.1 Å². The lowest BCUT2D eigenvalue weighted by molar-refractivity contribution is -0.118. The van der Waals surface area contributed by atoms with Crippen molar-refractivity contribution >= 4 is 22.5 Å². The van der Waals surface area contributed by atoms with Gasteiger partial charge in [0.05, 0.1) is 11.2 Å². The number of allylic oxidation sites excluding steroid dienone is 1. The first-order valence-electron chi connectivity index (χ1n) is 9.02. The first-order chi connectivity index (χ1) is 13.5. The zero-order valence-corrected chi connectivity index (χ0v) is 15.9. The average Bonchev–Trinajstić information content (AvgIpc) is 2.93. The van der Waals surface area contributed by atoms with E-state index in [4.69, 9.17) is 10.5 Å². The molecule has 2 heterocycles. The van der Waals surface area contributed by atoms with E-state index in [0.717, 1.165) is 22.3 Å². The van der Waals surface area contributed by atoms with Gasteiger partial charge < -0.3 is 15.4 Å². The topological polar surface area (TPSA) is 104 Å². The number of carbonyl (C=O) groups excluding carboxylic acids is 1. The molecule has 0 saturated heterocycles. The standard InChI is InChI=1S/C21H23N5O2/c1-26(19-12-15(13-22)24-18-6-4-3-5-17(18)19)16-8-10-21(28-2)25-14(11-16)7-9-20(23)27/h3-6,8,10-12,14,21,25H,7,9H2,1-2H3,(H2,23,27). The predicted octanol–water partition coefficient (Wildman–Crippen LogP) is 2.19. The second-order valence-corrected chi connectivity index (χ2v) is 6.60. The Morgan fingerprint density at radius 3 is 2.93 bits per heavy atom. The monoisotopic (exact) mass is 377 g/mol. The van der Waals surface area contributed by atoms with Gasteiger partial charge in [-0.2, -0.15) is 5.26 Å². The lowest BCUT2D eigenvalue weighted by Gasteiger charge is -2.24. The van der Waals surface area contributed by atoms with E-state index >= 15 is 0 Å². The molecule has 144 valence electrons. The summed E-state index contributed by atoms with van der Waals surface area (Å²) in [6.07, 6.45) is 6.49. The van der Waals surface area contributed by atoms with Gasteiger partial charge in [0.2, 0.25) is 5.91 Å². The molecular formula is C21H23N5O2. The molecule has 0 fully saturated rings. The Balaban J connectivity index is 2.01. The highest BCUT2D eigenvalue weighted by Crippen LogP contribution is 2.29. The molecule has 0 bridgehead atoms. The van der Waals surface area contributed by atoms with Crippen LogP contribution in [0.5, 0.6) is 0 Å². The van der Waals surface area contributed by atoms with E-state index in [9.17, 15) is 10.1 Å². The quantitative estimate of drug-likeness (QED) is 0.800. The van der Waals surface area contributed by atoms with E-state index in [1.165, 1.54) is 0 Å². The number of carbonyl (C=O) groups is 1. The summed E-state index contributed by atoms with van der Waals surface area (Å²) in [4.78, 5) is 17.6. The van der Waals surface area contributed by atoms with Crippen molar-refractivity contribution in [3.8, 4) is 6.07 Å². The Kier molecular flexibility index (Phi) is 6.04. The Morgan fingerprint density at radius 2 is 2.21 bits per heavy atom. The van der Waals surface area contributed by atoms with Crippen LogP contribution in [-0.2, 0) is 9.53 Å². The molecular weight excluding hydrogens is 354 g/mol. The van der Waals surface area contributed by atoms with Crippen molar-refractivity contribution < 1.29 is 9.53 Å². The number of benzene rings is 1. The van der Waals surface area contributed by atoms with Gasteiger partial charge in [0.15, 0.2) is 0 Å². The van der Waals surface area contributed by atoms with Crippen LogP contribution < -0.4 is 16.0 Å². The summed E-state index contributed by atoms with van der Waals surface area (Å²) in [5.74, 6) is -0.338. The molecule has 1 aromatic carbocycles.